The van der Waals surface area contributed by atoms with E-state index in [0.717, 1.165) is 56.1 Å². The Hall–Kier alpha value is -8.66. The minimum absolute atomic E-state index is 0.320. The Kier molecular flexibility index (Phi) is 9.19. The summed E-state index contributed by atoms with van der Waals surface area (Å²) in [6, 6.07) is 88.1. The topological polar surface area (TPSA) is 19.6 Å². The van der Waals surface area contributed by atoms with Crippen molar-refractivity contribution in [2.75, 3.05) is 9.80 Å². The second kappa shape index (κ2) is 15.8. The van der Waals surface area contributed by atoms with E-state index in [4.69, 9.17) is 4.42 Å². The molecule has 3 nitrogen and oxygen atoms in total. The first-order valence-electron chi connectivity index (χ1n) is 23.5. The van der Waals surface area contributed by atoms with Crippen LogP contribution < -0.4 is 9.80 Å². The third kappa shape index (κ3) is 6.27. The van der Waals surface area contributed by atoms with E-state index in [1.807, 2.05) is 6.07 Å². The number of para-hydroxylation sites is 5. The van der Waals surface area contributed by atoms with Gasteiger partial charge in [-0.1, -0.05) is 190 Å². The molecule has 1 aliphatic rings. The van der Waals surface area contributed by atoms with E-state index in [9.17, 15) is 0 Å². The Labute approximate surface area is 396 Å². The fraction of sp³-hybridized carbons (Fsp3) is 0.0462. The Morgan fingerprint density at radius 1 is 0.338 bits per heavy atom. The largest absolute Gasteiger partial charge is 0.454 e. The van der Waals surface area contributed by atoms with Gasteiger partial charge in [0, 0.05) is 44.4 Å². The van der Waals surface area contributed by atoms with E-state index >= 15 is 0 Å². The quantitative estimate of drug-likeness (QED) is 0.142. The van der Waals surface area contributed by atoms with Crippen molar-refractivity contribution in [3.8, 4) is 33.4 Å². The lowest BCUT2D eigenvalue weighted by Gasteiger charge is -2.37. The summed E-state index contributed by atoms with van der Waals surface area (Å²) in [5, 5.41) is 7.22. The number of fused-ring (bicyclic) bond motifs is 7. The van der Waals surface area contributed by atoms with Crippen molar-refractivity contribution < 1.29 is 4.42 Å². The first-order chi connectivity index (χ1) is 33.5. The molecule has 0 atom stereocenters. The summed E-state index contributed by atoms with van der Waals surface area (Å²) >= 11 is 0. The van der Waals surface area contributed by atoms with Gasteiger partial charge in [0.25, 0.3) is 0 Å². The van der Waals surface area contributed by atoms with E-state index in [1.165, 1.54) is 66.1 Å². The van der Waals surface area contributed by atoms with Crippen LogP contribution in [-0.4, -0.2) is 0 Å². The Morgan fingerprint density at radius 2 is 0.897 bits per heavy atom. The van der Waals surface area contributed by atoms with E-state index in [2.05, 4.69) is 260 Å². The van der Waals surface area contributed by atoms with Gasteiger partial charge in [0.15, 0.2) is 5.58 Å². The molecular formula is C65H46N2O. The zero-order chi connectivity index (χ0) is 45.3. The lowest BCUT2D eigenvalue weighted by Crippen LogP contribution is -2.24. The highest BCUT2D eigenvalue weighted by molar-refractivity contribution is 6.18. The van der Waals surface area contributed by atoms with Crippen molar-refractivity contribution in [2.24, 2.45) is 0 Å². The fourth-order valence-corrected chi connectivity index (χ4v) is 11.0. The van der Waals surface area contributed by atoms with Crippen LogP contribution in [-0.2, 0) is 5.41 Å². The van der Waals surface area contributed by atoms with Crippen LogP contribution in [0.1, 0.15) is 25.0 Å². The van der Waals surface area contributed by atoms with Crippen molar-refractivity contribution >= 4 is 77.6 Å². The lowest BCUT2D eigenvalue weighted by molar-refractivity contribution is 0.645. The molecule has 0 aliphatic heterocycles. The predicted octanol–water partition coefficient (Wildman–Crippen LogP) is 18.5. The van der Waals surface area contributed by atoms with Gasteiger partial charge in [-0.15, -0.1) is 0 Å². The molecule has 0 unspecified atom stereocenters. The molecule has 0 N–H and O–H groups in total. The molecule has 3 heteroatoms. The molecular weight excluding hydrogens is 825 g/mol. The maximum absolute atomic E-state index is 6.66. The van der Waals surface area contributed by atoms with Crippen LogP contribution in [0.2, 0.25) is 0 Å². The summed E-state index contributed by atoms with van der Waals surface area (Å²) in [7, 11) is 0. The van der Waals surface area contributed by atoms with Gasteiger partial charge in [-0.25, -0.2) is 0 Å². The minimum atomic E-state index is -0.320. The summed E-state index contributed by atoms with van der Waals surface area (Å²) in [4.78, 5) is 4.82. The number of nitrogens with zero attached hydrogens (tertiary/aromatic N) is 2. The molecule has 0 fully saturated rings. The van der Waals surface area contributed by atoms with Crippen molar-refractivity contribution in [1.29, 1.82) is 0 Å². The molecule has 1 heterocycles. The van der Waals surface area contributed by atoms with Gasteiger partial charge in [0.1, 0.15) is 5.58 Å². The van der Waals surface area contributed by atoms with Crippen LogP contribution in [0.25, 0.3) is 76.9 Å². The smallest absolute Gasteiger partial charge is 0.159 e. The maximum Gasteiger partial charge on any atom is 0.159 e. The molecule has 322 valence electrons. The van der Waals surface area contributed by atoms with Crippen molar-refractivity contribution in [3.63, 3.8) is 0 Å². The van der Waals surface area contributed by atoms with Gasteiger partial charge in [-0.2, -0.15) is 0 Å². The Bertz CT molecular complexity index is 3810. The molecule has 0 amide bonds. The normalized spacial score (nSPS) is 12.7. The molecule has 0 saturated carbocycles. The maximum atomic E-state index is 6.66. The molecule has 0 spiro atoms. The standard InChI is InChI=1S/C65H46N2O/c1-65(2)57-31-18-29-53-55-41-47(66(46-24-10-5-11-25-46)61-34-19-30-54-52-28-14-17-35-62(52)68-64(54)61)37-36-45(55)40-56(63(53)57)51-39-38-48(42-58(51)65)67(59-32-15-12-26-49(59)43-20-6-3-7-21-43)60-33-16-13-27-50(60)44-22-8-4-9-23-44/h3-42H,1-2H3. The van der Waals surface area contributed by atoms with Crippen molar-refractivity contribution in [3.05, 3.63) is 254 Å². The highest BCUT2D eigenvalue weighted by Gasteiger charge is 2.35. The van der Waals surface area contributed by atoms with Gasteiger partial charge in [0.2, 0.25) is 0 Å². The zero-order valence-electron chi connectivity index (χ0n) is 37.9. The minimum Gasteiger partial charge on any atom is -0.454 e. The van der Waals surface area contributed by atoms with Crippen LogP contribution in [0.4, 0.5) is 34.1 Å². The number of hydrogen-bond donors (Lipinski definition) is 0. The van der Waals surface area contributed by atoms with Gasteiger partial charge in [-0.3, -0.25) is 0 Å². The summed E-state index contributed by atoms with van der Waals surface area (Å²) in [6.45, 7) is 4.80. The predicted molar refractivity (Wildman–Crippen MR) is 287 cm³/mol. The fourth-order valence-electron chi connectivity index (χ4n) is 11.0. The second-order valence-corrected chi connectivity index (χ2v) is 18.4. The molecule has 11 aromatic carbocycles. The molecule has 68 heavy (non-hydrogen) atoms. The third-order valence-corrected chi connectivity index (χ3v) is 14.2. The second-order valence-electron chi connectivity index (χ2n) is 18.4. The van der Waals surface area contributed by atoms with Crippen LogP contribution >= 0.6 is 0 Å². The van der Waals surface area contributed by atoms with Gasteiger partial charge in [-0.05, 0) is 122 Å². The monoisotopic (exact) mass is 870 g/mol. The van der Waals surface area contributed by atoms with E-state index in [0.29, 0.717) is 0 Å². The molecule has 1 aromatic heterocycles. The van der Waals surface area contributed by atoms with Crippen LogP contribution in [0.15, 0.2) is 247 Å². The van der Waals surface area contributed by atoms with Crippen LogP contribution in [0.5, 0.6) is 0 Å². The number of hydrogen-bond acceptors (Lipinski definition) is 3. The summed E-state index contributed by atoms with van der Waals surface area (Å²) in [5.74, 6) is 0. The van der Waals surface area contributed by atoms with E-state index < -0.39 is 0 Å². The van der Waals surface area contributed by atoms with Crippen LogP contribution in [0, 0.1) is 0 Å². The molecule has 0 radical (unpaired) electrons. The van der Waals surface area contributed by atoms with Gasteiger partial charge in [0.05, 0.1) is 17.1 Å². The van der Waals surface area contributed by atoms with Gasteiger partial charge >= 0.3 is 0 Å². The lowest BCUT2D eigenvalue weighted by atomic mass is 9.68. The molecule has 0 saturated heterocycles. The first kappa shape index (κ1) is 39.7. The SMILES string of the molecule is CC1(C)c2cc(N(c3ccccc3-c3ccccc3)c3ccccc3-c3ccccc3)ccc2-c2cc3ccc(N(c4ccccc4)c4cccc5c4oc4ccccc45)cc3c3cccc1c23. The molecule has 1 aliphatic carbocycles. The first-order valence-corrected chi connectivity index (χ1v) is 23.5. The summed E-state index contributed by atoms with van der Waals surface area (Å²) in [5.41, 5.74) is 17.8. The van der Waals surface area contributed by atoms with Gasteiger partial charge < -0.3 is 14.2 Å². The highest BCUT2D eigenvalue weighted by Crippen LogP contribution is 2.54. The number of benzene rings is 11. The van der Waals surface area contributed by atoms with Crippen molar-refractivity contribution in [2.45, 2.75) is 19.3 Å². The number of anilines is 6. The number of furan rings is 1. The molecule has 0 bridgehead atoms. The zero-order valence-corrected chi connectivity index (χ0v) is 37.9. The summed E-state index contributed by atoms with van der Waals surface area (Å²) < 4.78 is 6.66. The van der Waals surface area contributed by atoms with E-state index in [-0.39, 0.29) is 5.41 Å². The van der Waals surface area contributed by atoms with E-state index in [1.54, 1.807) is 0 Å². The number of rotatable bonds is 8. The van der Waals surface area contributed by atoms with Crippen molar-refractivity contribution in [1.82, 2.24) is 0 Å². The average molecular weight is 871 g/mol. The summed E-state index contributed by atoms with van der Waals surface area (Å²) in [6.07, 6.45) is 0. The highest BCUT2D eigenvalue weighted by atomic mass is 16.3. The average Bonchev–Trinajstić information content (AvgIpc) is 3.79. The molecule has 13 rings (SSSR count). The third-order valence-electron chi connectivity index (χ3n) is 14.2. The Balaban J connectivity index is 1.00. The molecule has 12 aromatic rings. The van der Waals surface area contributed by atoms with Crippen LogP contribution in [0.3, 0.4) is 0 Å². The Morgan fingerprint density at radius 3 is 1.62 bits per heavy atom.